The maximum Gasteiger partial charge on any atom is 0.243 e. The van der Waals surface area contributed by atoms with Crippen LogP contribution in [0.3, 0.4) is 0 Å². The van der Waals surface area contributed by atoms with Gasteiger partial charge in [0, 0.05) is 18.1 Å². The van der Waals surface area contributed by atoms with Gasteiger partial charge in [0.05, 0.1) is 11.4 Å². The molecule has 3 aromatic carbocycles. The molecule has 0 unspecified atom stereocenters. The van der Waals surface area contributed by atoms with Crippen molar-refractivity contribution in [3.05, 3.63) is 100 Å². The fraction of sp³-hybridized carbons (Fsp3) is 0.208. The van der Waals surface area contributed by atoms with E-state index in [1.807, 2.05) is 62.4 Å². The van der Waals surface area contributed by atoms with Crippen molar-refractivity contribution < 1.29 is 13.2 Å². The lowest BCUT2D eigenvalue weighted by Gasteiger charge is -2.23. The number of sulfonamides is 1. The van der Waals surface area contributed by atoms with Gasteiger partial charge in [-0.05, 0) is 54.8 Å². The number of benzene rings is 3. The molecule has 5 nitrogen and oxygen atoms in total. The van der Waals surface area contributed by atoms with Crippen molar-refractivity contribution in [2.45, 2.75) is 31.8 Å². The van der Waals surface area contributed by atoms with Crippen LogP contribution in [0.5, 0.6) is 0 Å². The number of carbonyl (C=O) groups excluding carboxylic acids is 1. The molecule has 0 radical (unpaired) electrons. The first-order valence-corrected chi connectivity index (χ1v) is 11.7. The quantitative estimate of drug-likeness (QED) is 0.544. The number of hydrogen-bond acceptors (Lipinski definition) is 3. The average molecular weight is 457 g/mol. The number of rotatable bonds is 8. The first-order chi connectivity index (χ1) is 14.8. The molecule has 162 valence electrons. The van der Waals surface area contributed by atoms with Gasteiger partial charge in [0.2, 0.25) is 15.9 Å². The maximum absolute atomic E-state index is 13.3. The number of halogens is 1. The highest BCUT2D eigenvalue weighted by Gasteiger charge is 2.27. The molecule has 7 heteroatoms. The van der Waals surface area contributed by atoms with Gasteiger partial charge in [-0.25, -0.2) is 8.42 Å². The fourth-order valence-corrected chi connectivity index (χ4v) is 4.70. The van der Waals surface area contributed by atoms with Gasteiger partial charge < -0.3 is 5.32 Å². The molecule has 0 aliphatic carbocycles. The largest absolute Gasteiger partial charge is 0.351 e. The van der Waals surface area contributed by atoms with Crippen molar-refractivity contribution in [1.29, 1.82) is 0 Å². The number of carbonyl (C=O) groups is 1. The van der Waals surface area contributed by atoms with Crippen LogP contribution in [0.4, 0.5) is 0 Å². The van der Waals surface area contributed by atoms with Gasteiger partial charge in [-0.1, -0.05) is 65.7 Å². The van der Waals surface area contributed by atoms with Crippen molar-refractivity contribution >= 4 is 27.5 Å². The highest BCUT2D eigenvalue weighted by Crippen LogP contribution is 2.21. The Morgan fingerprint density at radius 3 is 2.35 bits per heavy atom. The zero-order chi connectivity index (χ0) is 22.4. The Bertz CT molecular complexity index is 1160. The molecule has 3 rings (SSSR count). The summed E-state index contributed by atoms with van der Waals surface area (Å²) >= 11 is 5.91. The Morgan fingerprint density at radius 1 is 0.968 bits per heavy atom. The summed E-state index contributed by atoms with van der Waals surface area (Å²) in [7, 11) is -3.90. The lowest BCUT2D eigenvalue weighted by molar-refractivity contribution is -0.121. The highest BCUT2D eigenvalue weighted by atomic mass is 35.5. The van der Waals surface area contributed by atoms with Gasteiger partial charge in [-0.15, -0.1) is 0 Å². The minimum atomic E-state index is -3.90. The standard InChI is InChI=1S/C24H25ClN2O3S/c1-18-6-5-8-20(14-18)15-26-24(28)17-27(16-21-9-4-3-7-19(21)2)31(29,30)23-12-10-22(25)11-13-23/h3-14H,15-17H2,1-2H3,(H,26,28). The van der Waals surface area contributed by atoms with E-state index in [2.05, 4.69) is 5.32 Å². The lowest BCUT2D eigenvalue weighted by atomic mass is 10.1. The van der Waals surface area contributed by atoms with E-state index in [9.17, 15) is 13.2 Å². The Balaban J connectivity index is 1.82. The molecule has 1 N–H and O–H groups in total. The molecule has 31 heavy (non-hydrogen) atoms. The summed E-state index contributed by atoms with van der Waals surface area (Å²) in [5, 5.41) is 3.27. The molecule has 0 aliphatic rings. The van der Waals surface area contributed by atoms with E-state index in [1.54, 1.807) is 0 Å². The molecule has 0 spiro atoms. The van der Waals surface area contributed by atoms with Crippen LogP contribution in [0.1, 0.15) is 22.3 Å². The molecule has 0 saturated heterocycles. The summed E-state index contributed by atoms with van der Waals surface area (Å²) in [5.74, 6) is -0.368. The molecule has 0 aliphatic heterocycles. The Morgan fingerprint density at radius 2 is 1.68 bits per heavy atom. The topological polar surface area (TPSA) is 66.5 Å². The number of hydrogen-bond donors (Lipinski definition) is 1. The molecule has 0 aromatic heterocycles. The van der Waals surface area contributed by atoms with Crippen molar-refractivity contribution in [3.8, 4) is 0 Å². The van der Waals surface area contributed by atoms with Crippen molar-refractivity contribution in [1.82, 2.24) is 9.62 Å². The van der Waals surface area contributed by atoms with E-state index in [1.165, 1.54) is 28.6 Å². The summed E-state index contributed by atoms with van der Waals surface area (Å²) in [6.07, 6.45) is 0. The maximum atomic E-state index is 13.3. The molecule has 0 fully saturated rings. The summed E-state index contributed by atoms with van der Waals surface area (Å²) in [5.41, 5.74) is 3.85. The summed E-state index contributed by atoms with van der Waals surface area (Å²) in [6, 6.07) is 21.3. The monoisotopic (exact) mass is 456 g/mol. The molecular weight excluding hydrogens is 432 g/mol. The van der Waals surface area contributed by atoms with Crippen molar-refractivity contribution in [3.63, 3.8) is 0 Å². The highest BCUT2D eigenvalue weighted by molar-refractivity contribution is 7.89. The second-order valence-corrected chi connectivity index (χ2v) is 9.79. The van der Waals surface area contributed by atoms with Crippen LogP contribution in [0.2, 0.25) is 5.02 Å². The lowest BCUT2D eigenvalue weighted by Crippen LogP contribution is -2.40. The second kappa shape index (κ2) is 10.1. The summed E-state index contributed by atoms with van der Waals surface area (Å²) in [6.45, 7) is 4.04. The van der Waals surface area contributed by atoms with Crippen LogP contribution in [0.25, 0.3) is 0 Å². The summed E-state index contributed by atoms with van der Waals surface area (Å²) < 4.78 is 27.8. The molecule has 0 atom stereocenters. The van der Waals surface area contributed by atoms with Crippen LogP contribution >= 0.6 is 11.6 Å². The minimum Gasteiger partial charge on any atom is -0.351 e. The van der Waals surface area contributed by atoms with E-state index in [0.29, 0.717) is 11.6 Å². The number of amides is 1. The summed E-state index contributed by atoms with van der Waals surface area (Å²) in [4.78, 5) is 12.8. The van der Waals surface area contributed by atoms with E-state index in [0.717, 1.165) is 22.3 Å². The average Bonchev–Trinajstić information content (AvgIpc) is 2.73. The van der Waals surface area contributed by atoms with Gasteiger partial charge in [0.25, 0.3) is 0 Å². The third kappa shape index (κ3) is 6.17. The van der Waals surface area contributed by atoms with Crippen LogP contribution in [-0.2, 0) is 27.9 Å². The van der Waals surface area contributed by atoms with Crippen molar-refractivity contribution in [2.24, 2.45) is 0 Å². The normalized spacial score (nSPS) is 11.5. The molecular formula is C24H25ClN2O3S. The first-order valence-electron chi connectivity index (χ1n) is 9.88. The molecule has 0 saturated carbocycles. The molecule has 3 aromatic rings. The van der Waals surface area contributed by atoms with Gasteiger partial charge >= 0.3 is 0 Å². The molecule has 1 amide bonds. The van der Waals surface area contributed by atoms with E-state index in [4.69, 9.17) is 11.6 Å². The Labute approximate surface area is 188 Å². The zero-order valence-corrected chi connectivity index (χ0v) is 19.1. The zero-order valence-electron chi connectivity index (χ0n) is 17.5. The Hall–Kier alpha value is -2.67. The Kier molecular flexibility index (Phi) is 7.49. The molecule has 0 heterocycles. The number of aryl methyl sites for hydroxylation is 2. The van der Waals surface area contributed by atoms with Crippen LogP contribution < -0.4 is 5.32 Å². The van der Waals surface area contributed by atoms with E-state index >= 15 is 0 Å². The van der Waals surface area contributed by atoms with Crippen LogP contribution in [0.15, 0.2) is 77.7 Å². The van der Waals surface area contributed by atoms with Gasteiger partial charge in [-0.2, -0.15) is 4.31 Å². The fourth-order valence-electron chi connectivity index (χ4n) is 3.20. The number of nitrogens with zero attached hydrogens (tertiary/aromatic N) is 1. The van der Waals surface area contributed by atoms with E-state index < -0.39 is 10.0 Å². The van der Waals surface area contributed by atoms with Gasteiger partial charge in [0.15, 0.2) is 0 Å². The van der Waals surface area contributed by atoms with Gasteiger partial charge in [-0.3, -0.25) is 4.79 Å². The predicted molar refractivity (Wildman–Crippen MR) is 123 cm³/mol. The number of nitrogens with one attached hydrogen (secondary N) is 1. The smallest absolute Gasteiger partial charge is 0.243 e. The SMILES string of the molecule is Cc1cccc(CNC(=O)CN(Cc2ccccc2C)S(=O)(=O)c2ccc(Cl)cc2)c1. The minimum absolute atomic E-state index is 0.0928. The molecule has 0 bridgehead atoms. The first kappa shape index (κ1) is 23.0. The van der Waals surface area contributed by atoms with Gasteiger partial charge in [0.1, 0.15) is 0 Å². The van der Waals surface area contributed by atoms with Crippen LogP contribution in [-0.4, -0.2) is 25.2 Å². The third-order valence-electron chi connectivity index (χ3n) is 4.95. The predicted octanol–water partition coefficient (Wildman–Crippen LogP) is 4.46. The second-order valence-electron chi connectivity index (χ2n) is 7.42. The third-order valence-corrected chi connectivity index (χ3v) is 7.01. The van der Waals surface area contributed by atoms with Crippen LogP contribution in [0, 0.1) is 13.8 Å². The van der Waals surface area contributed by atoms with E-state index in [-0.39, 0.29) is 23.9 Å². The van der Waals surface area contributed by atoms with Crippen molar-refractivity contribution in [2.75, 3.05) is 6.54 Å².